The topological polar surface area (TPSA) is 71.6 Å². The molecule has 1 amide bonds. The van der Waals surface area contributed by atoms with Crippen molar-refractivity contribution in [2.75, 3.05) is 4.90 Å². The molecule has 0 fully saturated rings. The van der Waals surface area contributed by atoms with Crippen molar-refractivity contribution in [2.24, 2.45) is 4.99 Å². The lowest BCUT2D eigenvalue weighted by molar-refractivity contribution is -0.113. The second kappa shape index (κ2) is 9.13. The number of nitrogens with zero attached hydrogens (tertiary/aromatic N) is 4. The molecule has 0 radical (unpaired) electrons. The van der Waals surface area contributed by atoms with Gasteiger partial charge in [-0.3, -0.25) is 9.69 Å². The smallest absolute Gasteiger partial charge is 0.283 e. The second-order valence-electron chi connectivity index (χ2n) is 7.13. The van der Waals surface area contributed by atoms with Crippen molar-refractivity contribution < 1.29 is 13.6 Å². The van der Waals surface area contributed by atoms with Gasteiger partial charge in [0.05, 0.1) is 15.8 Å². The molecule has 0 N–H and O–H groups in total. The molecule has 0 aliphatic carbocycles. The van der Waals surface area contributed by atoms with Gasteiger partial charge in [0.2, 0.25) is 5.89 Å². The molecule has 0 bridgehead atoms. The van der Waals surface area contributed by atoms with Crippen LogP contribution in [-0.4, -0.2) is 21.3 Å². The molecule has 1 aliphatic rings. The van der Waals surface area contributed by atoms with Crippen LogP contribution in [0.5, 0.6) is 0 Å². The number of aromatic nitrogens is 2. The Morgan fingerprint density at radius 1 is 1.06 bits per heavy atom. The zero-order valence-corrected chi connectivity index (χ0v) is 19.0. The van der Waals surface area contributed by atoms with E-state index in [0.717, 1.165) is 10.4 Å². The Morgan fingerprint density at radius 3 is 2.58 bits per heavy atom. The number of amidine groups is 1. The predicted octanol–water partition coefficient (Wildman–Crippen LogP) is 6.18. The molecule has 9 heteroatoms. The van der Waals surface area contributed by atoms with Gasteiger partial charge in [-0.1, -0.05) is 48.2 Å². The van der Waals surface area contributed by atoms with Gasteiger partial charge in [-0.15, -0.1) is 21.5 Å². The first-order valence-electron chi connectivity index (χ1n) is 10.1. The molecular formula is C24H17FN4O2S2. The van der Waals surface area contributed by atoms with Crippen molar-refractivity contribution in [3.63, 3.8) is 0 Å². The first-order valence-corrected chi connectivity index (χ1v) is 11.8. The quantitative estimate of drug-likeness (QED) is 0.322. The average Bonchev–Trinajstić information content (AvgIpc) is 3.57. The summed E-state index contributed by atoms with van der Waals surface area (Å²) in [5, 5.41) is 10.4. The van der Waals surface area contributed by atoms with Crippen LogP contribution < -0.4 is 4.90 Å². The largest absolute Gasteiger partial charge is 0.419 e. The summed E-state index contributed by atoms with van der Waals surface area (Å²) < 4.78 is 19.4. The molecule has 5 rings (SSSR count). The highest BCUT2D eigenvalue weighted by Crippen LogP contribution is 2.37. The van der Waals surface area contributed by atoms with Gasteiger partial charge in [-0.05, 0) is 54.3 Å². The summed E-state index contributed by atoms with van der Waals surface area (Å²) in [6.45, 7) is 1.91. The molecule has 0 saturated heterocycles. The standard InChI is InChI=1S/C24H17FN4O2S2/c1-15(21-27-28-22(31-21)20-8-5-13-32-20)33-24-26-19(14-16-6-3-2-4-7-16)23(30)29(24)18-11-9-17(25)10-12-18/h2-15H,1H3/b19-14-. The number of rotatable bonds is 5. The first-order chi connectivity index (χ1) is 16.1. The maximum absolute atomic E-state index is 13.5. The van der Waals surface area contributed by atoms with Crippen LogP contribution in [0.1, 0.15) is 23.6 Å². The Labute approximate surface area is 197 Å². The van der Waals surface area contributed by atoms with Gasteiger partial charge in [-0.2, -0.15) is 0 Å². The van der Waals surface area contributed by atoms with Crippen LogP contribution >= 0.6 is 23.1 Å². The molecule has 4 aromatic rings. The average molecular weight is 477 g/mol. The number of carbonyl (C=O) groups excluding carboxylic acids is 1. The van der Waals surface area contributed by atoms with Gasteiger partial charge in [-0.25, -0.2) is 9.38 Å². The van der Waals surface area contributed by atoms with E-state index < -0.39 is 0 Å². The third-order valence-electron chi connectivity index (χ3n) is 4.82. The van der Waals surface area contributed by atoms with Gasteiger partial charge in [0.1, 0.15) is 11.5 Å². The molecule has 1 atom stereocenters. The van der Waals surface area contributed by atoms with E-state index >= 15 is 0 Å². The Kier molecular flexibility index (Phi) is 5.89. The fraction of sp³-hybridized carbons (Fsp3) is 0.0833. The molecule has 0 saturated carbocycles. The van der Waals surface area contributed by atoms with Gasteiger partial charge in [0, 0.05) is 0 Å². The SMILES string of the molecule is CC(SC1=N/C(=C\c2ccccc2)C(=O)N1c1ccc(F)cc1)c1nnc(-c2cccs2)o1. The lowest BCUT2D eigenvalue weighted by atomic mass is 10.2. The van der Waals surface area contributed by atoms with E-state index in [-0.39, 0.29) is 17.0 Å². The van der Waals surface area contributed by atoms with Crippen molar-refractivity contribution in [3.8, 4) is 10.8 Å². The van der Waals surface area contributed by atoms with Crippen molar-refractivity contribution in [1.82, 2.24) is 10.2 Å². The van der Waals surface area contributed by atoms with Crippen LogP contribution in [-0.2, 0) is 4.79 Å². The molecule has 33 heavy (non-hydrogen) atoms. The van der Waals surface area contributed by atoms with E-state index in [1.807, 2.05) is 54.8 Å². The Morgan fingerprint density at radius 2 is 1.85 bits per heavy atom. The molecule has 6 nitrogen and oxygen atoms in total. The van der Waals surface area contributed by atoms with Crippen molar-refractivity contribution in [2.45, 2.75) is 12.2 Å². The van der Waals surface area contributed by atoms with Crippen LogP contribution in [0.4, 0.5) is 10.1 Å². The molecule has 164 valence electrons. The number of hydrogen-bond donors (Lipinski definition) is 0. The Bertz CT molecular complexity index is 1330. The van der Waals surface area contributed by atoms with E-state index in [1.54, 1.807) is 18.2 Å². The highest BCUT2D eigenvalue weighted by Gasteiger charge is 2.34. The molecule has 1 aliphatic heterocycles. The number of hydrogen-bond acceptors (Lipinski definition) is 7. The van der Waals surface area contributed by atoms with Crippen LogP contribution in [0.15, 0.2) is 87.2 Å². The fourth-order valence-corrected chi connectivity index (χ4v) is 4.81. The molecule has 0 spiro atoms. The van der Waals surface area contributed by atoms with E-state index in [0.29, 0.717) is 28.3 Å². The van der Waals surface area contributed by atoms with Crippen LogP contribution in [0.25, 0.3) is 16.8 Å². The van der Waals surface area contributed by atoms with Crippen LogP contribution in [0.3, 0.4) is 0 Å². The number of thioether (sulfide) groups is 1. The molecule has 1 unspecified atom stereocenters. The van der Waals surface area contributed by atoms with Crippen molar-refractivity contribution in [1.29, 1.82) is 0 Å². The van der Waals surface area contributed by atoms with Crippen molar-refractivity contribution >= 4 is 45.9 Å². The second-order valence-corrected chi connectivity index (χ2v) is 9.39. The van der Waals surface area contributed by atoms with Gasteiger partial charge in [0.25, 0.3) is 11.8 Å². The number of anilines is 1. The van der Waals surface area contributed by atoms with Crippen LogP contribution in [0, 0.1) is 5.82 Å². The number of thiophene rings is 1. The number of aliphatic imine (C=N–C) groups is 1. The highest BCUT2D eigenvalue weighted by atomic mass is 32.2. The lowest BCUT2D eigenvalue weighted by Gasteiger charge is -2.19. The number of benzene rings is 2. The summed E-state index contributed by atoms with van der Waals surface area (Å²) in [4.78, 5) is 20.2. The van der Waals surface area contributed by atoms with Gasteiger partial charge in [0.15, 0.2) is 5.17 Å². The molecule has 3 heterocycles. The summed E-state index contributed by atoms with van der Waals surface area (Å²) in [5.41, 5.74) is 1.69. The van der Waals surface area contributed by atoms with Gasteiger partial charge < -0.3 is 4.42 Å². The summed E-state index contributed by atoms with van der Waals surface area (Å²) in [6.07, 6.45) is 1.73. The Balaban J connectivity index is 1.46. The fourth-order valence-electron chi connectivity index (χ4n) is 3.21. The zero-order valence-electron chi connectivity index (χ0n) is 17.4. The summed E-state index contributed by atoms with van der Waals surface area (Å²) >= 11 is 2.84. The number of halogens is 1. The normalized spacial score (nSPS) is 15.8. The summed E-state index contributed by atoms with van der Waals surface area (Å²) in [7, 11) is 0. The van der Waals surface area contributed by atoms with Gasteiger partial charge >= 0.3 is 0 Å². The first kappa shape index (κ1) is 21.3. The van der Waals surface area contributed by atoms with E-state index in [1.165, 1.54) is 40.1 Å². The third kappa shape index (κ3) is 4.50. The summed E-state index contributed by atoms with van der Waals surface area (Å²) in [5.74, 6) is 0.219. The number of amides is 1. The monoisotopic (exact) mass is 476 g/mol. The molecule has 2 aromatic heterocycles. The minimum Gasteiger partial charge on any atom is -0.419 e. The Hall–Kier alpha value is -3.56. The number of carbonyl (C=O) groups is 1. The third-order valence-corrected chi connectivity index (χ3v) is 6.72. The minimum atomic E-state index is -0.378. The van der Waals surface area contributed by atoms with E-state index in [9.17, 15) is 9.18 Å². The highest BCUT2D eigenvalue weighted by molar-refractivity contribution is 8.14. The maximum Gasteiger partial charge on any atom is 0.283 e. The molecule has 2 aromatic carbocycles. The van der Waals surface area contributed by atoms with Crippen LogP contribution in [0.2, 0.25) is 0 Å². The minimum absolute atomic E-state index is 0.267. The zero-order chi connectivity index (χ0) is 22.8. The lowest BCUT2D eigenvalue weighted by Crippen LogP contribution is -2.30. The molecular weight excluding hydrogens is 459 g/mol. The predicted molar refractivity (Wildman–Crippen MR) is 129 cm³/mol. The van der Waals surface area contributed by atoms with E-state index in [2.05, 4.69) is 15.2 Å². The maximum atomic E-state index is 13.5. The van der Waals surface area contributed by atoms with E-state index in [4.69, 9.17) is 4.42 Å². The summed E-state index contributed by atoms with van der Waals surface area (Å²) in [6, 6.07) is 19.1. The van der Waals surface area contributed by atoms with Crippen molar-refractivity contribution in [3.05, 3.63) is 95.1 Å².